The minimum atomic E-state index is -0.834. The molecule has 6 rings (SSSR count). The van der Waals surface area contributed by atoms with Crippen LogP contribution in [0.1, 0.15) is 23.6 Å². The van der Waals surface area contributed by atoms with E-state index in [2.05, 4.69) is 64.3 Å². The Morgan fingerprint density at radius 1 is 0.879 bits per heavy atom. The van der Waals surface area contributed by atoms with Gasteiger partial charge in [0.15, 0.2) is 0 Å². The average Bonchev–Trinajstić information content (AvgIpc) is 3.61. The zero-order valence-corrected chi connectivity index (χ0v) is 18.9. The Morgan fingerprint density at radius 3 is 2.45 bits per heavy atom. The van der Waals surface area contributed by atoms with E-state index < -0.39 is 6.10 Å². The maximum atomic E-state index is 11.1. The van der Waals surface area contributed by atoms with Gasteiger partial charge in [-0.1, -0.05) is 59.8 Å². The Morgan fingerprint density at radius 2 is 1.67 bits per heavy atom. The number of benzene rings is 3. The van der Waals surface area contributed by atoms with Crippen molar-refractivity contribution in [1.82, 2.24) is 19.6 Å². The van der Waals surface area contributed by atoms with Gasteiger partial charge in [-0.05, 0) is 42.6 Å². The molecule has 6 aromatic rings. The first-order valence-corrected chi connectivity index (χ1v) is 11.9. The molecule has 3 aromatic carbocycles. The lowest BCUT2D eigenvalue weighted by Gasteiger charge is -2.12. The molecule has 0 amide bonds. The highest BCUT2D eigenvalue weighted by Gasteiger charge is 2.24. The highest BCUT2D eigenvalue weighted by atomic mass is 32.1. The van der Waals surface area contributed by atoms with Crippen molar-refractivity contribution in [2.75, 3.05) is 0 Å². The number of nitrogens with zero attached hydrogens (tertiary/aromatic N) is 4. The summed E-state index contributed by atoms with van der Waals surface area (Å²) in [5.74, 6) is 0. The number of aliphatic hydroxyl groups is 1. The number of aromatic nitrogens is 4. The molecule has 162 valence electrons. The second-order valence-electron chi connectivity index (χ2n) is 7.98. The molecule has 0 saturated carbocycles. The standard InChI is InChI=1S/C27H22N4OS/c1-2-30-22-12-7-6-11-20(22)21-17-19(14-15-23(21)30)31-26(18-9-4-3-5-10-18)25(28-29-31)27(32)24-13-8-16-33-24/h3-17,27,32H,2H2,1H3. The van der Waals surface area contributed by atoms with Crippen LogP contribution in [-0.2, 0) is 6.54 Å². The van der Waals surface area contributed by atoms with Crippen LogP contribution in [-0.4, -0.2) is 24.7 Å². The van der Waals surface area contributed by atoms with Gasteiger partial charge in [0.2, 0.25) is 0 Å². The van der Waals surface area contributed by atoms with E-state index in [-0.39, 0.29) is 0 Å². The number of para-hydroxylation sites is 1. The van der Waals surface area contributed by atoms with Crippen LogP contribution in [0.4, 0.5) is 0 Å². The molecule has 0 aliphatic carbocycles. The van der Waals surface area contributed by atoms with Crippen LogP contribution >= 0.6 is 11.3 Å². The molecule has 0 saturated heterocycles. The highest BCUT2D eigenvalue weighted by molar-refractivity contribution is 7.10. The van der Waals surface area contributed by atoms with Crippen molar-refractivity contribution in [3.05, 3.63) is 101 Å². The SMILES string of the molecule is CCn1c2ccccc2c2cc(-n3nnc(C(O)c4cccs4)c3-c3ccccc3)ccc21. The lowest BCUT2D eigenvalue weighted by molar-refractivity contribution is 0.219. The van der Waals surface area contributed by atoms with Crippen molar-refractivity contribution >= 4 is 33.1 Å². The molecule has 1 atom stereocenters. The summed E-state index contributed by atoms with van der Waals surface area (Å²) < 4.78 is 4.18. The van der Waals surface area contributed by atoms with E-state index in [0.717, 1.165) is 28.4 Å². The fraction of sp³-hybridized carbons (Fsp3) is 0.111. The molecule has 0 bridgehead atoms. The third kappa shape index (κ3) is 3.18. The Bertz CT molecular complexity index is 1560. The zero-order valence-electron chi connectivity index (χ0n) is 18.1. The molecule has 0 spiro atoms. The second kappa shape index (κ2) is 7.99. The second-order valence-corrected chi connectivity index (χ2v) is 8.96. The van der Waals surface area contributed by atoms with Crippen LogP contribution < -0.4 is 0 Å². The summed E-state index contributed by atoms with van der Waals surface area (Å²) >= 11 is 1.51. The Hall–Kier alpha value is -3.74. The largest absolute Gasteiger partial charge is 0.381 e. The first-order chi connectivity index (χ1) is 16.3. The molecule has 6 heteroatoms. The molecule has 3 heterocycles. The maximum absolute atomic E-state index is 11.1. The summed E-state index contributed by atoms with van der Waals surface area (Å²) in [5, 5.41) is 24.4. The molecular weight excluding hydrogens is 428 g/mol. The molecule has 5 nitrogen and oxygen atoms in total. The first kappa shape index (κ1) is 19.9. The van der Waals surface area contributed by atoms with Crippen molar-refractivity contribution in [2.45, 2.75) is 19.6 Å². The van der Waals surface area contributed by atoms with E-state index in [9.17, 15) is 5.11 Å². The van der Waals surface area contributed by atoms with Crippen LogP contribution in [0, 0.1) is 0 Å². The van der Waals surface area contributed by atoms with Crippen molar-refractivity contribution in [3.8, 4) is 16.9 Å². The van der Waals surface area contributed by atoms with Crippen LogP contribution in [0.5, 0.6) is 0 Å². The Balaban J connectivity index is 1.59. The van der Waals surface area contributed by atoms with Gasteiger partial charge >= 0.3 is 0 Å². The maximum Gasteiger partial charge on any atom is 0.134 e. The summed E-state index contributed by atoms with van der Waals surface area (Å²) in [6.45, 7) is 3.07. The lowest BCUT2D eigenvalue weighted by Crippen LogP contribution is -2.03. The normalized spacial score (nSPS) is 12.5. The van der Waals surface area contributed by atoms with Gasteiger partial charge in [-0.3, -0.25) is 0 Å². The molecule has 0 radical (unpaired) electrons. The molecule has 0 fully saturated rings. The summed E-state index contributed by atoms with van der Waals surface area (Å²) in [7, 11) is 0. The van der Waals surface area contributed by atoms with E-state index in [4.69, 9.17) is 0 Å². The molecule has 1 N–H and O–H groups in total. The van der Waals surface area contributed by atoms with E-state index in [1.54, 1.807) is 0 Å². The summed E-state index contributed by atoms with van der Waals surface area (Å²) in [6.07, 6.45) is -0.834. The summed E-state index contributed by atoms with van der Waals surface area (Å²) in [5.41, 5.74) is 5.65. The predicted molar refractivity (Wildman–Crippen MR) is 134 cm³/mol. The van der Waals surface area contributed by atoms with Crippen LogP contribution in [0.3, 0.4) is 0 Å². The Labute approximate surface area is 195 Å². The van der Waals surface area contributed by atoms with E-state index in [0.29, 0.717) is 5.69 Å². The highest BCUT2D eigenvalue weighted by Crippen LogP contribution is 2.35. The zero-order chi connectivity index (χ0) is 22.4. The van der Waals surface area contributed by atoms with E-state index in [1.807, 2.05) is 52.5 Å². The smallest absolute Gasteiger partial charge is 0.134 e. The molecule has 0 aliphatic heterocycles. The fourth-order valence-corrected chi connectivity index (χ4v) is 5.33. The molecule has 1 unspecified atom stereocenters. The van der Waals surface area contributed by atoms with Gasteiger partial charge in [-0.2, -0.15) is 0 Å². The molecule has 3 aromatic heterocycles. The number of fused-ring (bicyclic) bond motifs is 3. The number of hydrogen-bond acceptors (Lipinski definition) is 4. The quantitative estimate of drug-likeness (QED) is 0.340. The topological polar surface area (TPSA) is 55.9 Å². The minimum Gasteiger partial charge on any atom is -0.381 e. The van der Waals surface area contributed by atoms with Gasteiger partial charge in [0.1, 0.15) is 17.5 Å². The number of rotatable bonds is 5. The number of hydrogen-bond donors (Lipinski definition) is 1. The number of thiophene rings is 1. The van der Waals surface area contributed by atoms with Gasteiger partial charge in [-0.25, -0.2) is 4.68 Å². The van der Waals surface area contributed by atoms with E-state index in [1.165, 1.54) is 33.1 Å². The summed E-state index contributed by atoms with van der Waals surface area (Å²) in [4.78, 5) is 0.848. The third-order valence-electron chi connectivity index (χ3n) is 6.13. The lowest BCUT2D eigenvalue weighted by atomic mass is 10.1. The Kier molecular flexibility index (Phi) is 4.82. The molecule has 33 heavy (non-hydrogen) atoms. The molecule has 0 aliphatic rings. The molecular formula is C27H22N4OS. The fourth-order valence-electron chi connectivity index (χ4n) is 4.62. The number of aryl methyl sites for hydroxylation is 1. The summed E-state index contributed by atoms with van der Waals surface area (Å²) in [6, 6.07) is 28.8. The van der Waals surface area contributed by atoms with Gasteiger partial charge < -0.3 is 9.67 Å². The third-order valence-corrected chi connectivity index (χ3v) is 7.06. The van der Waals surface area contributed by atoms with Crippen LogP contribution in [0.25, 0.3) is 38.8 Å². The van der Waals surface area contributed by atoms with Crippen molar-refractivity contribution in [3.63, 3.8) is 0 Å². The van der Waals surface area contributed by atoms with Gasteiger partial charge in [0, 0.05) is 38.8 Å². The van der Waals surface area contributed by atoms with E-state index >= 15 is 0 Å². The monoisotopic (exact) mass is 450 g/mol. The number of aliphatic hydroxyl groups excluding tert-OH is 1. The average molecular weight is 451 g/mol. The van der Waals surface area contributed by atoms with Gasteiger partial charge in [0.05, 0.1) is 5.69 Å². The van der Waals surface area contributed by atoms with Crippen molar-refractivity contribution in [2.24, 2.45) is 0 Å². The first-order valence-electron chi connectivity index (χ1n) is 11.0. The van der Waals surface area contributed by atoms with Crippen LogP contribution in [0.15, 0.2) is 90.3 Å². The van der Waals surface area contributed by atoms with Gasteiger partial charge in [0.25, 0.3) is 0 Å². The predicted octanol–water partition coefficient (Wildman–Crippen LogP) is 6.21. The van der Waals surface area contributed by atoms with Crippen LogP contribution in [0.2, 0.25) is 0 Å². The van der Waals surface area contributed by atoms with Crippen molar-refractivity contribution < 1.29 is 5.11 Å². The minimum absolute atomic E-state index is 0.555. The van der Waals surface area contributed by atoms with Crippen molar-refractivity contribution in [1.29, 1.82) is 0 Å². The van der Waals surface area contributed by atoms with Gasteiger partial charge in [-0.15, -0.1) is 16.4 Å².